The van der Waals surface area contributed by atoms with Crippen LogP contribution >= 0.6 is 0 Å². The average Bonchev–Trinajstić information content (AvgIpc) is 2.82. The summed E-state index contributed by atoms with van der Waals surface area (Å²) in [6.45, 7) is 0. The molecular formula is C13H10F2O2. The summed E-state index contributed by atoms with van der Waals surface area (Å²) < 4.78 is 31.2. The van der Waals surface area contributed by atoms with E-state index in [-0.39, 0.29) is 12.0 Å². The Morgan fingerprint density at radius 2 is 2.06 bits per heavy atom. The summed E-state index contributed by atoms with van der Waals surface area (Å²) in [6, 6.07) is 6.30. The van der Waals surface area contributed by atoms with Gasteiger partial charge in [0, 0.05) is 12.8 Å². The van der Waals surface area contributed by atoms with Crippen molar-refractivity contribution in [3.05, 3.63) is 59.6 Å². The predicted molar refractivity (Wildman–Crippen MR) is 57.7 cm³/mol. The predicted octanol–water partition coefficient (Wildman–Crippen LogP) is 3.37. The third-order valence-electron chi connectivity index (χ3n) is 2.41. The number of benzene rings is 1. The van der Waals surface area contributed by atoms with E-state index in [4.69, 9.17) is 4.42 Å². The number of furan rings is 1. The molecule has 0 aliphatic heterocycles. The fraction of sp³-hybridized carbons (Fsp3) is 0.154. The van der Waals surface area contributed by atoms with Gasteiger partial charge in [-0.3, -0.25) is 4.79 Å². The summed E-state index contributed by atoms with van der Waals surface area (Å²) in [5.41, 5.74) is -0.212. The number of hydrogen-bond donors (Lipinski definition) is 0. The SMILES string of the molecule is O=C(CCc1ccco1)c1cc(F)ccc1F. The Hall–Kier alpha value is -1.97. The van der Waals surface area contributed by atoms with Gasteiger partial charge >= 0.3 is 0 Å². The second-order valence-electron chi connectivity index (χ2n) is 3.63. The summed E-state index contributed by atoms with van der Waals surface area (Å²) in [5, 5.41) is 0. The Bertz CT molecular complexity index is 518. The number of hydrogen-bond acceptors (Lipinski definition) is 2. The first-order chi connectivity index (χ1) is 8.16. The van der Waals surface area contributed by atoms with Crippen LogP contribution in [-0.4, -0.2) is 5.78 Å². The molecule has 0 N–H and O–H groups in total. The molecule has 0 aliphatic rings. The van der Waals surface area contributed by atoms with Crippen LogP contribution in [0.5, 0.6) is 0 Å². The van der Waals surface area contributed by atoms with Gasteiger partial charge in [-0.1, -0.05) is 0 Å². The Labute approximate surface area is 96.9 Å². The van der Waals surface area contributed by atoms with Gasteiger partial charge in [0.25, 0.3) is 0 Å². The van der Waals surface area contributed by atoms with E-state index in [0.29, 0.717) is 12.2 Å². The quantitative estimate of drug-likeness (QED) is 0.762. The molecule has 0 spiro atoms. The van der Waals surface area contributed by atoms with E-state index in [1.165, 1.54) is 6.26 Å². The average molecular weight is 236 g/mol. The third-order valence-corrected chi connectivity index (χ3v) is 2.41. The molecule has 2 aromatic rings. The minimum atomic E-state index is -0.698. The van der Waals surface area contributed by atoms with Crippen LogP contribution in [0.1, 0.15) is 22.5 Å². The highest BCUT2D eigenvalue weighted by atomic mass is 19.1. The fourth-order valence-electron chi connectivity index (χ4n) is 1.54. The smallest absolute Gasteiger partial charge is 0.166 e. The largest absolute Gasteiger partial charge is 0.469 e. The lowest BCUT2D eigenvalue weighted by Crippen LogP contribution is -2.04. The fourth-order valence-corrected chi connectivity index (χ4v) is 1.54. The molecule has 0 saturated heterocycles. The standard InChI is InChI=1S/C13H10F2O2/c14-9-3-5-12(15)11(8-9)13(16)6-4-10-2-1-7-17-10/h1-3,5,7-8H,4,6H2. The van der Waals surface area contributed by atoms with E-state index in [1.807, 2.05) is 0 Å². The van der Waals surface area contributed by atoms with Gasteiger partial charge in [-0.2, -0.15) is 0 Å². The summed E-state index contributed by atoms with van der Waals surface area (Å²) in [6.07, 6.45) is 1.97. The highest BCUT2D eigenvalue weighted by molar-refractivity contribution is 5.96. The number of rotatable bonds is 4. The molecule has 1 heterocycles. The maximum absolute atomic E-state index is 13.3. The molecule has 0 radical (unpaired) electrons. The van der Waals surface area contributed by atoms with Gasteiger partial charge in [-0.05, 0) is 30.3 Å². The first-order valence-electron chi connectivity index (χ1n) is 5.17. The van der Waals surface area contributed by atoms with Gasteiger partial charge in [0.2, 0.25) is 0 Å². The molecule has 0 unspecified atom stereocenters. The minimum Gasteiger partial charge on any atom is -0.469 e. The maximum atomic E-state index is 13.3. The van der Waals surface area contributed by atoms with Crippen molar-refractivity contribution in [1.29, 1.82) is 0 Å². The lowest BCUT2D eigenvalue weighted by atomic mass is 10.1. The number of halogens is 2. The Kier molecular flexibility index (Phi) is 3.32. The molecule has 1 aromatic carbocycles. The number of Topliss-reactive ketones (excluding diaryl/α,β-unsaturated/α-hetero) is 1. The molecule has 0 aliphatic carbocycles. The molecular weight excluding hydrogens is 226 g/mol. The van der Waals surface area contributed by atoms with E-state index in [0.717, 1.165) is 18.2 Å². The summed E-state index contributed by atoms with van der Waals surface area (Å²) >= 11 is 0. The number of aryl methyl sites for hydroxylation is 1. The van der Waals surface area contributed by atoms with Gasteiger partial charge in [-0.25, -0.2) is 8.78 Å². The Morgan fingerprint density at radius 1 is 1.24 bits per heavy atom. The molecule has 0 fully saturated rings. The number of carbonyl (C=O) groups is 1. The molecule has 17 heavy (non-hydrogen) atoms. The van der Waals surface area contributed by atoms with Gasteiger partial charge in [0.05, 0.1) is 11.8 Å². The summed E-state index contributed by atoms with van der Waals surface area (Å²) in [5.74, 6) is -1.10. The molecule has 2 rings (SSSR count). The monoisotopic (exact) mass is 236 g/mol. The van der Waals surface area contributed by atoms with Crippen LogP contribution < -0.4 is 0 Å². The highest BCUT2D eigenvalue weighted by Gasteiger charge is 2.13. The van der Waals surface area contributed by atoms with Crippen molar-refractivity contribution in [1.82, 2.24) is 0 Å². The Balaban J connectivity index is 2.07. The molecule has 1 aromatic heterocycles. The molecule has 0 saturated carbocycles. The first-order valence-corrected chi connectivity index (χ1v) is 5.17. The van der Waals surface area contributed by atoms with E-state index in [1.54, 1.807) is 12.1 Å². The van der Waals surface area contributed by atoms with E-state index in [9.17, 15) is 13.6 Å². The normalized spacial score (nSPS) is 10.5. The lowest BCUT2D eigenvalue weighted by molar-refractivity contribution is 0.0976. The second-order valence-corrected chi connectivity index (χ2v) is 3.63. The van der Waals surface area contributed by atoms with Crippen LogP contribution in [0.3, 0.4) is 0 Å². The number of carbonyl (C=O) groups excluding carboxylic acids is 1. The zero-order valence-electron chi connectivity index (χ0n) is 8.95. The van der Waals surface area contributed by atoms with Crippen molar-refractivity contribution in [2.45, 2.75) is 12.8 Å². The van der Waals surface area contributed by atoms with Gasteiger partial charge in [0.1, 0.15) is 17.4 Å². The highest BCUT2D eigenvalue weighted by Crippen LogP contribution is 2.14. The van der Waals surface area contributed by atoms with Crippen LogP contribution in [0.25, 0.3) is 0 Å². The molecule has 4 heteroatoms. The number of ketones is 1. The van der Waals surface area contributed by atoms with Gasteiger partial charge < -0.3 is 4.42 Å². The molecule has 0 amide bonds. The molecule has 0 atom stereocenters. The molecule has 88 valence electrons. The lowest BCUT2D eigenvalue weighted by Gasteiger charge is -2.01. The van der Waals surface area contributed by atoms with E-state index >= 15 is 0 Å². The van der Waals surface area contributed by atoms with E-state index in [2.05, 4.69) is 0 Å². The van der Waals surface area contributed by atoms with Crippen LogP contribution in [-0.2, 0) is 6.42 Å². The second kappa shape index (κ2) is 4.91. The zero-order valence-corrected chi connectivity index (χ0v) is 8.95. The van der Waals surface area contributed by atoms with Crippen molar-refractivity contribution < 1.29 is 18.0 Å². The van der Waals surface area contributed by atoms with Crippen LogP contribution in [0.4, 0.5) is 8.78 Å². The van der Waals surface area contributed by atoms with Crippen LogP contribution in [0.15, 0.2) is 41.0 Å². The van der Waals surface area contributed by atoms with Crippen molar-refractivity contribution in [2.24, 2.45) is 0 Å². The third kappa shape index (κ3) is 2.78. The van der Waals surface area contributed by atoms with Crippen LogP contribution in [0, 0.1) is 11.6 Å². The topological polar surface area (TPSA) is 30.2 Å². The van der Waals surface area contributed by atoms with Crippen molar-refractivity contribution in [2.75, 3.05) is 0 Å². The molecule has 0 bridgehead atoms. The van der Waals surface area contributed by atoms with Gasteiger partial charge in [0.15, 0.2) is 5.78 Å². The van der Waals surface area contributed by atoms with Crippen molar-refractivity contribution in [3.63, 3.8) is 0 Å². The van der Waals surface area contributed by atoms with E-state index < -0.39 is 17.4 Å². The van der Waals surface area contributed by atoms with Gasteiger partial charge in [-0.15, -0.1) is 0 Å². The summed E-state index contributed by atoms with van der Waals surface area (Å²) in [7, 11) is 0. The van der Waals surface area contributed by atoms with Crippen molar-refractivity contribution in [3.8, 4) is 0 Å². The minimum absolute atomic E-state index is 0.0912. The van der Waals surface area contributed by atoms with Crippen molar-refractivity contribution >= 4 is 5.78 Å². The van der Waals surface area contributed by atoms with Crippen LogP contribution in [0.2, 0.25) is 0 Å². The maximum Gasteiger partial charge on any atom is 0.166 e. The summed E-state index contributed by atoms with van der Waals surface area (Å²) in [4.78, 5) is 11.7. The first kappa shape index (κ1) is 11.5. The molecule has 2 nitrogen and oxygen atoms in total. The zero-order chi connectivity index (χ0) is 12.3. The Morgan fingerprint density at radius 3 is 2.76 bits per heavy atom.